The molecule has 0 aromatic carbocycles. The Kier molecular flexibility index (Phi) is 15.2. The Hall–Kier alpha value is -1.43. The molecule has 0 saturated carbocycles. The first-order chi connectivity index (χ1) is 17.0. The largest absolute Gasteiger partial charge is 0.724 e. The zero-order valence-corrected chi connectivity index (χ0v) is 25.5. The van der Waals surface area contributed by atoms with E-state index in [1.165, 1.54) is 95.9 Å². The van der Waals surface area contributed by atoms with Gasteiger partial charge in [-0.1, -0.05) is 53.4 Å². The molecule has 1 aliphatic heterocycles. The van der Waals surface area contributed by atoms with Crippen LogP contribution in [-0.2, 0) is 24.2 Å². The highest BCUT2D eigenvalue weighted by molar-refractivity contribution is 7.80. The number of hydrogen-bond donors (Lipinski definition) is 1. The molecule has 0 bridgehead atoms. The van der Waals surface area contributed by atoms with Crippen molar-refractivity contribution < 1.29 is 36.1 Å². The van der Waals surface area contributed by atoms with Gasteiger partial charge in [0.1, 0.15) is 11.6 Å². The van der Waals surface area contributed by atoms with Crippen LogP contribution in [0.3, 0.4) is 0 Å². The van der Waals surface area contributed by atoms with Crippen LogP contribution in [0.4, 0.5) is 4.79 Å². The minimum atomic E-state index is -5.06. The van der Waals surface area contributed by atoms with E-state index in [0.717, 1.165) is 0 Å². The third kappa shape index (κ3) is 13.3. The van der Waals surface area contributed by atoms with Gasteiger partial charge in [-0.3, -0.25) is 4.79 Å². The van der Waals surface area contributed by atoms with Crippen molar-refractivity contribution in [2.45, 2.75) is 131 Å². The Balaban J connectivity index is 0.000000712. The Morgan fingerprint density at radius 2 is 1.32 bits per heavy atom. The van der Waals surface area contributed by atoms with Crippen LogP contribution >= 0.6 is 0 Å². The predicted octanol–water partition coefficient (Wildman–Crippen LogP) is 4.90. The smallest absolute Gasteiger partial charge is 0.408 e. The quantitative estimate of drug-likeness (QED) is 0.133. The molecule has 11 heteroatoms. The molecule has 1 fully saturated rings. The number of quaternary nitrogens is 1. The van der Waals surface area contributed by atoms with E-state index in [0.29, 0.717) is 5.06 Å². The van der Waals surface area contributed by atoms with Crippen molar-refractivity contribution >= 4 is 22.4 Å². The number of amides is 2. The molecule has 37 heavy (non-hydrogen) atoms. The van der Waals surface area contributed by atoms with Crippen LogP contribution in [0.15, 0.2) is 0 Å². The summed E-state index contributed by atoms with van der Waals surface area (Å²) in [5.74, 6) is -0.847. The van der Waals surface area contributed by atoms with E-state index >= 15 is 0 Å². The van der Waals surface area contributed by atoms with Crippen LogP contribution in [0.5, 0.6) is 0 Å². The lowest BCUT2D eigenvalue weighted by molar-refractivity contribution is -0.929. The molecule has 0 aromatic rings. The number of hydroxylamine groups is 2. The first kappa shape index (κ1) is 35.6. The average molecular weight is 552 g/mol. The maximum atomic E-state index is 11.7. The van der Waals surface area contributed by atoms with Gasteiger partial charge in [0.2, 0.25) is 10.4 Å². The Bertz CT molecular complexity index is 757. The second kappa shape index (κ2) is 15.9. The summed E-state index contributed by atoms with van der Waals surface area (Å²) < 4.78 is 41.9. The number of rotatable bonds is 15. The number of β-lactam (4-membered cyclic amide) rings is 1. The number of carbonyl (C=O) groups excluding carboxylic acids is 2. The molecule has 1 saturated heterocycles. The van der Waals surface area contributed by atoms with E-state index in [9.17, 15) is 22.6 Å². The van der Waals surface area contributed by atoms with Crippen molar-refractivity contribution in [3.8, 4) is 0 Å². The third-order valence-corrected chi connectivity index (χ3v) is 6.78. The van der Waals surface area contributed by atoms with Crippen molar-refractivity contribution in [2.75, 3.05) is 26.2 Å². The molecule has 0 aromatic heterocycles. The summed E-state index contributed by atoms with van der Waals surface area (Å²) in [4.78, 5) is 23.2. The second-order valence-electron chi connectivity index (χ2n) is 11.5. The summed E-state index contributed by atoms with van der Waals surface area (Å²) in [6.45, 7) is 22.8. The van der Waals surface area contributed by atoms with Crippen molar-refractivity contribution in [3.05, 3.63) is 0 Å². The lowest BCUT2D eigenvalue weighted by Gasteiger charge is -2.51. The number of unbranched alkanes of at least 4 members (excludes halogenated alkanes) is 4. The fourth-order valence-corrected chi connectivity index (χ4v) is 4.74. The van der Waals surface area contributed by atoms with E-state index in [-0.39, 0.29) is 0 Å². The van der Waals surface area contributed by atoms with Gasteiger partial charge >= 0.3 is 6.09 Å². The Labute approximate surface area is 225 Å². The second-order valence-corrected chi connectivity index (χ2v) is 12.5. The minimum Gasteiger partial charge on any atom is -0.724 e. The van der Waals surface area contributed by atoms with Crippen LogP contribution < -0.4 is 5.32 Å². The molecular weight excluding hydrogens is 498 g/mol. The molecule has 2 amide bonds. The summed E-state index contributed by atoms with van der Waals surface area (Å²) in [6.07, 6.45) is 10.2. The molecule has 220 valence electrons. The van der Waals surface area contributed by atoms with E-state index in [1.54, 1.807) is 20.8 Å². The number of ether oxygens (including phenoxy) is 1. The highest BCUT2D eigenvalue weighted by atomic mass is 32.3. The number of nitrogens with one attached hydrogen (secondary N) is 1. The number of alkyl carbamates (subject to hydrolysis) is 1. The molecular formula is C26H53N3O7S. The van der Waals surface area contributed by atoms with Gasteiger partial charge in [-0.05, 0) is 60.3 Å². The Morgan fingerprint density at radius 3 is 1.59 bits per heavy atom. The zero-order chi connectivity index (χ0) is 28.9. The number of hydrogen-bond acceptors (Lipinski definition) is 7. The summed E-state index contributed by atoms with van der Waals surface area (Å²) in [5.41, 5.74) is -1.93. The minimum absolute atomic E-state index is 0.414. The summed E-state index contributed by atoms with van der Waals surface area (Å²) in [5, 5.41) is 2.71. The van der Waals surface area contributed by atoms with Gasteiger partial charge < -0.3 is 19.1 Å². The van der Waals surface area contributed by atoms with Gasteiger partial charge in [0.05, 0.1) is 31.7 Å². The fourth-order valence-electron chi connectivity index (χ4n) is 4.29. The highest BCUT2D eigenvalue weighted by Crippen LogP contribution is 2.33. The first-order valence-corrected chi connectivity index (χ1v) is 15.2. The van der Waals surface area contributed by atoms with Gasteiger partial charge in [-0.25, -0.2) is 13.2 Å². The first-order valence-electron chi connectivity index (χ1n) is 13.8. The van der Waals surface area contributed by atoms with E-state index < -0.39 is 39.6 Å². The average Bonchev–Trinajstić information content (AvgIpc) is 2.78. The summed E-state index contributed by atoms with van der Waals surface area (Å²) in [7, 11) is -5.06. The molecule has 1 heterocycles. The normalized spacial score (nSPS) is 17.5. The van der Waals surface area contributed by atoms with Crippen molar-refractivity contribution in [3.63, 3.8) is 0 Å². The van der Waals surface area contributed by atoms with Crippen LogP contribution in [-0.4, -0.2) is 77.9 Å². The van der Waals surface area contributed by atoms with Crippen LogP contribution in [0.2, 0.25) is 0 Å². The van der Waals surface area contributed by atoms with Crippen molar-refractivity contribution in [2.24, 2.45) is 0 Å². The fraction of sp³-hybridized carbons (Fsp3) is 0.923. The topological polar surface area (TPSA) is 125 Å². The monoisotopic (exact) mass is 551 g/mol. The highest BCUT2D eigenvalue weighted by Gasteiger charge is 2.57. The van der Waals surface area contributed by atoms with Crippen LogP contribution in [0.1, 0.15) is 114 Å². The lowest BCUT2D eigenvalue weighted by atomic mass is 9.85. The van der Waals surface area contributed by atoms with E-state index in [2.05, 4.69) is 37.3 Å². The lowest BCUT2D eigenvalue weighted by Crippen LogP contribution is -2.76. The van der Waals surface area contributed by atoms with Gasteiger partial charge in [0.25, 0.3) is 5.91 Å². The molecule has 1 rings (SSSR count). The van der Waals surface area contributed by atoms with E-state index in [4.69, 9.17) is 4.74 Å². The molecule has 1 aliphatic rings. The molecule has 1 N–H and O–H groups in total. The standard InChI is InChI=1S/C16H36N.C10H18N2O7S/c1-5-9-13-17(14-10-6-2,15-11-7-3)16-12-8-4;1-9(2,3)18-8(14)11-6-7(13)12(10(6,4)5)19-20(15,16)17/h5-16H2,1-4H3;6H,1-5H3,(H,11,14)(H,15,16,17)/q+1;/p-1. The SMILES string of the molecule is CC(C)(C)OC(=O)NC1C(=O)N(OS(=O)(=O)[O-])C1(C)C.CCCC[N+](CCCC)(CCCC)CCCC. The number of carbonyl (C=O) groups is 2. The molecule has 0 aliphatic carbocycles. The summed E-state index contributed by atoms with van der Waals surface area (Å²) >= 11 is 0. The van der Waals surface area contributed by atoms with Gasteiger partial charge in [0.15, 0.2) is 0 Å². The van der Waals surface area contributed by atoms with Crippen molar-refractivity contribution in [1.82, 2.24) is 10.4 Å². The molecule has 1 unspecified atom stereocenters. The molecule has 0 spiro atoms. The van der Waals surface area contributed by atoms with Crippen LogP contribution in [0, 0.1) is 0 Å². The van der Waals surface area contributed by atoms with Crippen LogP contribution in [0.25, 0.3) is 0 Å². The zero-order valence-electron chi connectivity index (χ0n) is 24.7. The maximum Gasteiger partial charge on any atom is 0.408 e. The Morgan fingerprint density at radius 1 is 0.946 bits per heavy atom. The molecule has 1 atom stereocenters. The van der Waals surface area contributed by atoms with Gasteiger partial charge in [0, 0.05) is 0 Å². The predicted molar refractivity (Wildman–Crippen MR) is 144 cm³/mol. The summed E-state index contributed by atoms with van der Waals surface area (Å²) in [6, 6.07) is -1.04. The van der Waals surface area contributed by atoms with Crippen molar-refractivity contribution in [1.29, 1.82) is 0 Å². The van der Waals surface area contributed by atoms with Gasteiger partial charge in [-0.2, -0.15) is 9.35 Å². The number of nitrogens with zero attached hydrogens (tertiary/aromatic N) is 2. The van der Waals surface area contributed by atoms with Gasteiger partial charge in [-0.15, -0.1) is 0 Å². The third-order valence-electron chi connectivity index (χ3n) is 6.45. The van der Waals surface area contributed by atoms with E-state index in [1.807, 2.05) is 0 Å². The maximum absolute atomic E-state index is 11.7. The molecule has 10 nitrogen and oxygen atoms in total. The molecule has 0 radical (unpaired) electrons.